The summed E-state index contributed by atoms with van der Waals surface area (Å²) in [6, 6.07) is 95.4. The smallest absolute Gasteiger partial charge is 0.159 e. The SMILES string of the molecule is c1ccc(Nc2ccc(-c3ccc4c5c(ccc4c3)-c3c(cc(-c4ccc(N(c6ccccc6)c6cccc7c6oc6ccccc67)cc4)c4ccccc34)C53c4ccccc4-c4ccccc43)cc2)cc1. The predicted octanol–water partition coefficient (Wildman–Crippen LogP) is 18.8. The summed E-state index contributed by atoms with van der Waals surface area (Å²) in [5.74, 6) is 0. The molecule has 2 aliphatic carbocycles. The first kappa shape index (κ1) is 40.4. The third kappa shape index (κ3) is 5.92. The van der Waals surface area contributed by atoms with Crippen LogP contribution in [0.3, 0.4) is 0 Å². The fraction of sp³-hybridized carbons (Fsp3) is 0.0145. The highest BCUT2D eigenvalue weighted by Gasteiger charge is 2.53. The van der Waals surface area contributed by atoms with Gasteiger partial charge in [-0.05, 0) is 161 Å². The molecule has 1 aromatic heterocycles. The van der Waals surface area contributed by atoms with Crippen LogP contribution in [0.1, 0.15) is 22.3 Å². The number of benzene rings is 12. The van der Waals surface area contributed by atoms with E-state index in [9.17, 15) is 0 Å². The van der Waals surface area contributed by atoms with Gasteiger partial charge in [0, 0.05) is 33.5 Å². The molecule has 15 rings (SSSR count). The molecule has 12 aromatic carbocycles. The lowest BCUT2D eigenvalue weighted by Gasteiger charge is -2.32. The van der Waals surface area contributed by atoms with Crippen molar-refractivity contribution in [2.24, 2.45) is 0 Å². The Hall–Kier alpha value is -9.44. The molecule has 72 heavy (non-hydrogen) atoms. The van der Waals surface area contributed by atoms with E-state index in [2.05, 4.69) is 259 Å². The molecule has 1 heterocycles. The molecule has 2 aliphatic rings. The second kappa shape index (κ2) is 15.8. The zero-order chi connectivity index (χ0) is 47.3. The molecule has 0 bridgehead atoms. The van der Waals surface area contributed by atoms with E-state index in [1.54, 1.807) is 0 Å². The number of hydrogen-bond acceptors (Lipinski definition) is 3. The van der Waals surface area contributed by atoms with Gasteiger partial charge in [0.2, 0.25) is 0 Å². The number of para-hydroxylation sites is 4. The van der Waals surface area contributed by atoms with Crippen molar-refractivity contribution in [3.63, 3.8) is 0 Å². The lowest BCUT2D eigenvalue weighted by atomic mass is 9.69. The summed E-state index contributed by atoms with van der Waals surface area (Å²) in [6.07, 6.45) is 0. The van der Waals surface area contributed by atoms with Crippen LogP contribution in [0, 0.1) is 0 Å². The summed E-state index contributed by atoms with van der Waals surface area (Å²) in [7, 11) is 0. The van der Waals surface area contributed by atoms with Crippen molar-refractivity contribution in [2.45, 2.75) is 5.41 Å². The van der Waals surface area contributed by atoms with E-state index < -0.39 is 5.41 Å². The van der Waals surface area contributed by atoms with Crippen LogP contribution in [-0.2, 0) is 5.41 Å². The van der Waals surface area contributed by atoms with Gasteiger partial charge in [-0.25, -0.2) is 0 Å². The lowest BCUT2D eigenvalue weighted by molar-refractivity contribution is 0.669. The van der Waals surface area contributed by atoms with Crippen LogP contribution in [0.25, 0.3) is 88.0 Å². The second-order valence-corrected chi connectivity index (χ2v) is 19.2. The lowest BCUT2D eigenvalue weighted by Crippen LogP contribution is -2.26. The van der Waals surface area contributed by atoms with Crippen LogP contribution in [0.4, 0.5) is 28.4 Å². The Morgan fingerprint density at radius 3 is 1.71 bits per heavy atom. The van der Waals surface area contributed by atoms with Gasteiger partial charge in [-0.15, -0.1) is 0 Å². The van der Waals surface area contributed by atoms with Crippen LogP contribution in [0.5, 0.6) is 0 Å². The van der Waals surface area contributed by atoms with Gasteiger partial charge in [0.25, 0.3) is 0 Å². The number of hydrogen-bond donors (Lipinski definition) is 1. The number of nitrogens with zero attached hydrogens (tertiary/aromatic N) is 1. The number of furan rings is 1. The minimum atomic E-state index is -0.558. The molecule has 0 saturated heterocycles. The van der Waals surface area contributed by atoms with Gasteiger partial charge in [-0.3, -0.25) is 0 Å². The normalized spacial score (nSPS) is 12.8. The molecule has 1 N–H and O–H groups in total. The molecule has 0 aliphatic heterocycles. The van der Waals surface area contributed by atoms with Crippen molar-refractivity contribution in [3.8, 4) is 44.5 Å². The molecule has 0 unspecified atom stereocenters. The Balaban J connectivity index is 0.913. The minimum Gasteiger partial charge on any atom is -0.454 e. The summed E-state index contributed by atoms with van der Waals surface area (Å²) in [4.78, 5) is 2.32. The standard InChI is InChI=1S/C69H44N2O/c1-3-16-48(17-4-1)70-49-36-30-44(31-37-49)46-34-40-52-47(42-46)35-41-59-66-57-24-8-7-20-53(57)60(43-63(66)69(67(52)59)61-26-12-9-21-54(61)55-22-10-13-27-62(55)69)45-32-38-51(39-33-45)71(50-18-5-2-6-19-50)64-28-15-25-58-56-23-11-14-29-65(56)72-68(58)64/h1-43,70H. The van der Waals surface area contributed by atoms with Crippen molar-refractivity contribution in [3.05, 3.63) is 283 Å². The van der Waals surface area contributed by atoms with Gasteiger partial charge >= 0.3 is 0 Å². The summed E-state index contributed by atoms with van der Waals surface area (Å²) < 4.78 is 6.64. The van der Waals surface area contributed by atoms with Gasteiger partial charge in [0.15, 0.2) is 5.58 Å². The average molecular weight is 917 g/mol. The number of anilines is 5. The quantitative estimate of drug-likeness (QED) is 0.173. The molecule has 336 valence electrons. The van der Waals surface area contributed by atoms with E-state index >= 15 is 0 Å². The predicted molar refractivity (Wildman–Crippen MR) is 300 cm³/mol. The Bertz CT molecular complexity index is 4240. The first-order valence-electron chi connectivity index (χ1n) is 24.8. The van der Waals surface area contributed by atoms with E-state index in [-0.39, 0.29) is 0 Å². The fourth-order valence-electron chi connectivity index (χ4n) is 12.4. The summed E-state index contributed by atoms with van der Waals surface area (Å²) >= 11 is 0. The third-order valence-electron chi connectivity index (χ3n) is 15.4. The van der Waals surface area contributed by atoms with Crippen molar-refractivity contribution in [2.75, 3.05) is 10.2 Å². The molecule has 0 saturated carbocycles. The second-order valence-electron chi connectivity index (χ2n) is 19.2. The Morgan fingerprint density at radius 1 is 0.347 bits per heavy atom. The highest BCUT2D eigenvalue weighted by Crippen LogP contribution is 2.66. The van der Waals surface area contributed by atoms with Crippen molar-refractivity contribution < 1.29 is 4.42 Å². The zero-order valence-electron chi connectivity index (χ0n) is 39.2. The van der Waals surface area contributed by atoms with Crippen LogP contribution in [-0.4, -0.2) is 0 Å². The molecular weight excluding hydrogens is 873 g/mol. The summed E-state index contributed by atoms with van der Waals surface area (Å²) in [5, 5.41) is 10.8. The maximum atomic E-state index is 6.64. The van der Waals surface area contributed by atoms with Crippen LogP contribution in [0.15, 0.2) is 265 Å². The molecule has 0 fully saturated rings. The Labute approximate surface area is 417 Å². The van der Waals surface area contributed by atoms with Crippen molar-refractivity contribution in [1.29, 1.82) is 0 Å². The molecular formula is C69H44N2O. The molecule has 3 heteroatoms. The van der Waals surface area contributed by atoms with Crippen LogP contribution >= 0.6 is 0 Å². The maximum absolute atomic E-state index is 6.64. The van der Waals surface area contributed by atoms with E-state index in [0.717, 1.165) is 55.9 Å². The van der Waals surface area contributed by atoms with Crippen molar-refractivity contribution in [1.82, 2.24) is 0 Å². The third-order valence-corrected chi connectivity index (χ3v) is 15.4. The Morgan fingerprint density at radius 2 is 0.944 bits per heavy atom. The fourth-order valence-corrected chi connectivity index (χ4v) is 12.4. The molecule has 13 aromatic rings. The maximum Gasteiger partial charge on any atom is 0.159 e. The summed E-state index contributed by atoms with van der Waals surface area (Å²) in [5.41, 5.74) is 21.8. The largest absolute Gasteiger partial charge is 0.454 e. The zero-order valence-corrected chi connectivity index (χ0v) is 39.2. The van der Waals surface area contributed by atoms with Gasteiger partial charge in [-0.1, -0.05) is 188 Å². The molecule has 3 nitrogen and oxygen atoms in total. The van der Waals surface area contributed by atoms with Gasteiger partial charge in [0.05, 0.1) is 11.1 Å². The Kier molecular flexibility index (Phi) is 8.87. The van der Waals surface area contributed by atoms with Crippen LogP contribution in [0.2, 0.25) is 0 Å². The van der Waals surface area contributed by atoms with Gasteiger partial charge in [0.1, 0.15) is 5.58 Å². The molecule has 0 atom stereocenters. The van der Waals surface area contributed by atoms with Gasteiger partial charge < -0.3 is 14.6 Å². The van der Waals surface area contributed by atoms with E-state index in [1.807, 2.05) is 12.1 Å². The molecule has 0 radical (unpaired) electrons. The van der Waals surface area contributed by atoms with Crippen LogP contribution < -0.4 is 10.2 Å². The van der Waals surface area contributed by atoms with E-state index in [0.29, 0.717) is 0 Å². The average Bonchev–Trinajstić information content (AvgIpc) is 4.08. The molecule has 1 spiro atoms. The summed E-state index contributed by atoms with van der Waals surface area (Å²) in [6.45, 7) is 0. The highest BCUT2D eigenvalue weighted by atomic mass is 16.3. The first-order chi connectivity index (χ1) is 35.7. The van der Waals surface area contributed by atoms with Gasteiger partial charge in [-0.2, -0.15) is 0 Å². The first-order valence-corrected chi connectivity index (χ1v) is 24.8. The van der Waals surface area contributed by atoms with E-state index in [4.69, 9.17) is 4.42 Å². The van der Waals surface area contributed by atoms with E-state index in [1.165, 1.54) is 82.7 Å². The topological polar surface area (TPSA) is 28.4 Å². The monoisotopic (exact) mass is 916 g/mol. The number of rotatable bonds is 7. The number of nitrogens with one attached hydrogen (secondary N) is 1. The minimum absolute atomic E-state index is 0.558. The van der Waals surface area contributed by atoms with Crippen molar-refractivity contribution >= 4 is 71.9 Å². The molecule has 0 amide bonds. The highest BCUT2D eigenvalue weighted by molar-refractivity contribution is 6.15. The number of fused-ring (bicyclic) bond motifs is 17.